The Morgan fingerprint density at radius 2 is 1.71 bits per heavy atom. The molecule has 0 unspecified atom stereocenters. The molecule has 2 aromatic carbocycles. The zero-order chi connectivity index (χ0) is 21.2. The third-order valence-corrected chi connectivity index (χ3v) is 8.14. The van der Waals surface area contributed by atoms with Crippen LogP contribution in [0.5, 0.6) is 0 Å². The standard InChI is InChI=1S/C25H24ClN3S2/c1-17-2-4-19(5-3-17)24-23(18-6-8-21(26)9-7-18)28-25(31-24)20-10-13-29(14-11-20)16-22-27-12-15-30-22/h2-9,12,15,20H,10-11,13-14,16H2,1H3. The van der Waals surface area contributed by atoms with E-state index in [9.17, 15) is 0 Å². The highest BCUT2D eigenvalue weighted by Gasteiger charge is 2.26. The molecule has 6 heteroatoms. The monoisotopic (exact) mass is 465 g/mol. The summed E-state index contributed by atoms with van der Waals surface area (Å²) < 4.78 is 0. The molecule has 0 bridgehead atoms. The minimum absolute atomic E-state index is 0.516. The van der Waals surface area contributed by atoms with E-state index in [1.54, 1.807) is 11.3 Å². The van der Waals surface area contributed by atoms with Gasteiger partial charge in [0.15, 0.2) is 0 Å². The highest BCUT2D eigenvalue weighted by Crippen LogP contribution is 2.42. The summed E-state index contributed by atoms with van der Waals surface area (Å²) in [6, 6.07) is 16.8. The molecule has 5 rings (SSSR count). The van der Waals surface area contributed by atoms with Gasteiger partial charge in [-0.1, -0.05) is 53.6 Å². The van der Waals surface area contributed by atoms with Gasteiger partial charge >= 0.3 is 0 Å². The van der Waals surface area contributed by atoms with Crippen LogP contribution in [-0.2, 0) is 6.54 Å². The molecule has 1 aliphatic rings. The van der Waals surface area contributed by atoms with E-state index in [1.165, 1.54) is 26.0 Å². The van der Waals surface area contributed by atoms with Crippen molar-refractivity contribution in [2.45, 2.75) is 32.2 Å². The number of hydrogen-bond donors (Lipinski definition) is 0. The number of likely N-dealkylation sites (tertiary alicyclic amines) is 1. The Morgan fingerprint density at radius 1 is 1.00 bits per heavy atom. The molecule has 3 heterocycles. The van der Waals surface area contributed by atoms with E-state index in [1.807, 2.05) is 29.7 Å². The molecule has 4 aromatic rings. The van der Waals surface area contributed by atoms with Gasteiger partial charge in [-0.25, -0.2) is 9.97 Å². The lowest BCUT2D eigenvalue weighted by molar-refractivity contribution is 0.204. The Balaban J connectivity index is 1.41. The average molecular weight is 466 g/mol. The number of aromatic nitrogens is 2. The second kappa shape index (κ2) is 9.21. The molecule has 2 aromatic heterocycles. The largest absolute Gasteiger partial charge is 0.297 e. The van der Waals surface area contributed by atoms with Crippen molar-refractivity contribution in [1.29, 1.82) is 0 Å². The summed E-state index contributed by atoms with van der Waals surface area (Å²) in [5.41, 5.74) is 4.71. The van der Waals surface area contributed by atoms with E-state index < -0.39 is 0 Å². The Kier molecular flexibility index (Phi) is 6.19. The summed E-state index contributed by atoms with van der Waals surface area (Å²) in [6.07, 6.45) is 4.19. The van der Waals surface area contributed by atoms with Crippen molar-refractivity contribution < 1.29 is 0 Å². The summed E-state index contributed by atoms with van der Waals surface area (Å²) in [4.78, 5) is 13.4. The SMILES string of the molecule is Cc1ccc(-c2sc(C3CCN(Cc4nccs4)CC3)nc2-c2ccc(Cl)cc2)cc1. The molecule has 158 valence electrons. The van der Waals surface area contributed by atoms with Gasteiger partial charge in [0.05, 0.1) is 22.1 Å². The lowest BCUT2D eigenvalue weighted by atomic mass is 9.97. The fourth-order valence-electron chi connectivity index (χ4n) is 4.08. The minimum Gasteiger partial charge on any atom is -0.297 e. The molecular weight excluding hydrogens is 442 g/mol. The summed E-state index contributed by atoms with van der Waals surface area (Å²) in [7, 11) is 0. The molecule has 31 heavy (non-hydrogen) atoms. The van der Waals surface area contributed by atoms with Gasteiger partial charge < -0.3 is 0 Å². The fourth-order valence-corrected chi connectivity index (χ4v) is 6.12. The van der Waals surface area contributed by atoms with Crippen molar-refractivity contribution in [1.82, 2.24) is 14.9 Å². The maximum absolute atomic E-state index is 6.14. The van der Waals surface area contributed by atoms with Crippen molar-refractivity contribution in [2.24, 2.45) is 0 Å². The zero-order valence-corrected chi connectivity index (χ0v) is 19.8. The number of nitrogens with zero attached hydrogens (tertiary/aromatic N) is 3. The van der Waals surface area contributed by atoms with Gasteiger partial charge in [0.25, 0.3) is 0 Å². The molecule has 0 saturated carbocycles. The number of halogens is 1. The first-order chi connectivity index (χ1) is 15.2. The first-order valence-corrected chi connectivity index (χ1v) is 12.7. The van der Waals surface area contributed by atoms with Crippen LogP contribution in [0.25, 0.3) is 21.7 Å². The van der Waals surface area contributed by atoms with Gasteiger partial charge in [0.1, 0.15) is 5.01 Å². The molecule has 1 fully saturated rings. The molecule has 0 spiro atoms. The molecule has 0 atom stereocenters. The molecule has 1 saturated heterocycles. The molecule has 3 nitrogen and oxygen atoms in total. The fraction of sp³-hybridized carbons (Fsp3) is 0.280. The Labute approximate surface area is 196 Å². The van der Waals surface area contributed by atoms with Crippen LogP contribution in [0.2, 0.25) is 5.02 Å². The average Bonchev–Trinajstić information content (AvgIpc) is 3.46. The molecule has 0 radical (unpaired) electrons. The van der Waals surface area contributed by atoms with E-state index in [4.69, 9.17) is 16.6 Å². The van der Waals surface area contributed by atoms with Crippen LogP contribution in [0, 0.1) is 6.92 Å². The lowest BCUT2D eigenvalue weighted by Crippen LogP contribution is -2.32. The normalized spacial score (nSPS) is 15.4. The molecule has 0 aliphatic carbocycles. The third kappa shape index (κ3) is 4.75. The summed E-state index contributed by atoms with van der Waals surface area (Å²) in [6.45, 7) is 5.29. The van der Waals surface area contributed by atoms with Gasteiger partial charge in [-0.05, 0) is 50.6 Å². The third-order valence-electron chi connectivity index (χ3n) is 5.85. The smallest absolute Gasteiger partial charge is 0.107 e. The predicted molar refractivity (Wildman–Crippen MR) is 132 cm³/mol. The van der Waals surface area contributed by atoms with Crippen LogP contribution in [0.3, 0.4) is 0 Å². The van der Waals surface area contributed by atoms with Gasteiger partial charge in [-0.15, -0.1) is 22.7 Å². The highest BCUT2D eigenvalue weighted by molar-refractivity contribution is 7.15. The van der Waals surface area contributed by atoms with E-state index in [0.29, 0.717) is 5.92 Å². The predicted octanol–water partition coefficient (Wildman–Crippen LogP) is 7.28. The van der Waals surface area contributed by atoms with E-state index in [2.05, 4.69) is 58.6 Å². The van der Waals surface area contributed by atoms with Crippen LogP contribution < -0.4 is 0 Å². The number of rotatable bonds is 5. The number of aryl methyl sites for hydroxylation is 1. The van der Waals surface area contributed by atoms with Gasteiger partial charge in [0, 0.05) is 28.1 Å². The first kappa shape index (κ1) is 20.8. The van der Waals surface area contributed by atoms with Crippen molar-refractivity contribution in [3.63, 3.8) is 0 Å². The van der Waals surface area contributed by atoms with E-state index in [0.717, 1.165) is 48.8 Å². The van der Waals surface area contributed by atoms with Gasteiger partial charge in [0.2, 0.25) is 0 Å². The molecular formula is C25H24ClN3S2. The number of piperidine rings is 1. The molecule has 0 N–H and O–H groups in total. The Hall–Kier alpha value is -2.05. The van der Waals surface area contributed by atoms with Crippen LogP contribution in [0.15, 0.2) is 60.1 Å². The number of benzene rings is 2. The van der Waals surface area contributed by atoms with Crippen molar-refractivity contribution in [3.05, 3.63) is 80.7 Å². The zero-order valence-electron chi connectivity index (χ0n) is 17.4. The van der Waals surface area contributed by atoms with Crippen molar-refractivity contribution >= 4 is 34.3 Å². The van der Waals surface area contributed by atoms with Crippen LogP contribution >= 0.6 is 34.3 Å². The van der Waals surface area contributed by atoms with Crippen molar-refractivity contribution in [2.75, 3.05) is 13.1 Å². The maximum atomic E-state index is 6.14. The van der Waals surface area contributed by atoms with Crippen molar-refractivity contribution in [3.8, 4) is 21.7 Å². The maximum Gasteiger partial charge on any atom is 0.107 e. The number of thiazole rings is 2. The van der Waals surface area contributed by atoms with Gasteiger partial charge in [-0.2, -0.15) is 0 Å². The second-order valence-electron chi connectivity index (χ2n) is 8.08. The first-order valence-electron chi connectivity index (χ1n) is 10.6. The quantitative estimate of drug-likeness (QED) is 0.310. The van der Waals surface area contributed by atoms with Crippen LogP contribution in [0.1, 0.15) is 34.3 Å². The molecule has 1 aliphatic heterocycles. The summed E-state index contributed by atoms with van der Waals surface area (Å²) in [5, 5.41) is 5.28. The Bertz CT molecular complexity index is 1060. The minimum atomic E-state index is 0.516. The van der Waals surface area contributed by atoms with Crippen LogP contribution in [0.4, 0.5) is 0 Å². The molecule has 0 amide bonds. The topological polar surface area (TPSA) is 29.0 Å². The number of hydrogen-bond acceptors (Lipinski definition) is 5. The Morgan fingerprint density at radius 3 is 2.39 bits per heavy atom. The van der Waals surface area contributed by atoms with E-state index in [-0.39, 0.29) is 0 Å². The van der Waals surface area contributed by atoms with Crippen LogP contribution in [-0.4, -0.2) is 28.0 Å². The summed E-state index contributed by atoms with van der Waals surface area (Å²) in [5.74, 6) is 0.516. The van der Waals surface area contributed by atoms with E-state index >= 15 is 0 Å². The second-order valence-corrected chi connectivity index (χ2v) is 10.5. The van der Waals surface area contributed by atoms with Gasteiger partial charge in [-0.3, -0.25) is 4.90 Å². The summed E-state index contributed by atoms with van der Waals surface area (Å²) >= 11 is 9.74. The lowest BCUT2D eigenvalue weighted by Gasteiger charge is -2.30. The highest BCUT2D eigenvalue weighted by atomic mass is 35.5.